The van der Waals surface area contributed by atoms with Crippen LogP contribution in [0.25, 0.3) is 0 Å². The summed E-state index contributed by atoms with van der Waals surface area (Å²) in [5.41, 5.74) is 1.20. The fourth-order valence-corrected chi connectivity index (χ4v) is 1.47. The standard InChI is InChI=1S/C14H21NO2/c1-4-6-9-17-14-10-12(11-15-5-2)7-8-13(14)16-3/h4,7-8,10,15H,1,5-6,9,11H2,2-3H3. The maximum atomic E-state index is 5.67. The molecule has 1 aromatic rings. The lowest BCUT2D eigenvalue weighted by Gasteiger charge is -2.12. The van der Waals surface area contributed by atoms with Crippen molar-refractivity contribution in [3.63, 3.8) is 0 Å². The highest BCUT2D eigenvalue weighted by atomic mass is 16.5. The monoisotopic (exact) mass is 235 g/mol. The zero-order chi connectivity index (χ0) is 12.5. The number of rotatable bonds is 8. The third kappa shape index (κ3) is 4.49. The Hall–Kier alpha value is -1.48. The lowest BCUT2D eigenvalue weighted by Crippen LogP contribution is -2.11. The minimum Gasteiger partial charge on any atom is -0.493 e. The molecule has 1 N–H and O–H groups in total. The van der Waals surface area contributed by atoms with Crippen molar-refractivity contribution in [1.29, 1.82) is 0 Å². The fourth-order valence-electron chi connectivity index (χ4n) is 1.47. The predicted octanol–water partition coefficient (Wildman–Crippen LogP) is 2.76. The average molecular weight is 235 g/mol. The van der Waals surface area contributed by atoms with E-state index >= 15 is 0 Å². The van der Waals surface area contributed by atoms with Crippen LogP contribution in [0.3, 0.4) is 0 Å². The van der Waals surface area contributed by atoms with Crippen molar-refractivity contribution in [2.45, 2.75) is 19.9 Å². The van der Waals surface area contributed by atoms with Crippen LogP contribution in [0.4, 0.5) is 0 Å². The van der Waals surface area contributed by atoms with Gasteiger partial charge < -0.3 is 14.8 Å². The van der Waals surface area contributed by atoms with E-state index in [1.54, 1.807) is 7.11 Å². The molecule has 0 aliphatic heterocycles. The first-order valence-corrected chi connectivity index (χ1v) is 5.93. The predicted molar refractivity (Wildman–Crippen MR) is 70.7 cm³/mol. The third-order valence-corrected chi connectivity index (χ3v) is 2.39. The summed E-state index contributed by atoms with van der Waals surface area (Å²) in [6.45, 7) is 8.19. The van der Waals surface area contributed by atoms with Gasteiger partial charge in [-0.15, -0.1) is 6.58 Å². The summed E-state index contributed by atoms with van der Waals surface area (Å²) < 4.78 is 10.9. The lowest BCUT2D eigenvalue weighted by atomic mass is 10.2. The summed E-state index contributed by atoms with van der Waals surface area (Å²) in [4.78, 5) is 0. The van der Waals surface area contributed by atoms with Crippen molar-refractivity contribution in [2.75, 3.05) is 20.3 Å². The van der Waals surface area contributed by atoms with E-state index in [0.717, 1.165) is 31.0 Å². The Morgan fingerprint density at radius 2 is 2.18 bits per heavy atom. The van der Waals surface area contributed by atoms with Crippen molar-refractivity contribution in [3.05, 3.63) is 36.4 Å². The molecule has 0 aliphatic rings. The Kier molecular flexibility index (Phi) is 6.18. The van der Waals surface area contributed by atoms with Crippen molar-refractivity contribution in [2.24, 2.45) is 0 Å². The first kappa shape index (κ1) is 13.6. The normalized spacial score (nSPS) is 10.0. The molecule has 3 heteroatoms. The number of methoxy groups -OCH3 is 1. The second-order valence-electron chi connectivity index (χ2n) is 3.69. The Balaban J connectivity index is 2.71. The molecule has 0 bridgehead atoms. The molecule has 0 saturated heterocycles. The van der Waals surface area contributed by atoms with E-state index in [1.807, 2.05) is 24.3 Å². The van der Waals surface area contributed by atoms with Gasteiger partial charge in [0.05, 0.1) is 13.7 Å². The number of benzene rings is 1. The largest absolute Gasteiger partial charge is 0.493 e. The van der Waals surface area contributed by atoms with E-state index in [0.29, 0.717) is 6.61 Å². The molecule has 0 heterocycles. The highest BCUT2D eigenvalue weighted by molar-refractivity contribution is 5.42. The van der Waals surface area contributed by atoms with Gasteiger partial charge in [-0.3, -0.25) is 0 Å². The first-order chi connectivity index (χ1) is 8.31. The Morgan fingerprint density at radius 3 is 2.82 bits per heavy atom. The molecular formula is C14H21NO2. The SMILES string of the molecule is C=CCCOc1cc(CNCC)ccc1OC. The topological polar surface area (TPSA) is 30.5 Å². The number of nitrogens with one attached hydrogen (secondary N) is 1. The van der Waals surface area contributed by atoms with Crippen molar-refractivity contribution in [1.82, 2.24) is 5.32 Å². The Labute approximate surface area is 103 Å². The number of hydrogen-bond acceptors (Lipinski definition) is 3. The van der Waals surface area contributed by atoms with Crippen molar-refractivity contribution in [3.8, 4) is 11.5 Å². The van der Waals surface area contributed by atoms with Gasteiger partial charge >= 0.3 is 0 Å². The van der Waals surface area contributed by atoms with Gasteiger partial charge in [0, 0.05) is 6.54 Å². The van der Waals surface area contributed by atoms with Crippen LogP contribution in [0, 0.1) is 0 Å². The van der Waals surface area contributed by atoms with E-state index in [2.05, 4.69) is 18.8 Å². The van der Waals surface area contributed by atoms with Crippen LogP contribution in [0.1, 0.15) is 18.9 Å². The summed E-state index contributed by atoms with van der Waals surface area (Å²) in [6.07, 6.45) is 2.68. The van der Waals surface area contributed by atoms with E-state index in [4.69, 9.17) is 9.47 Å². The first-order valence-electron chi connectivity index (χ1n) is 5.93. The maximum Gasteiger partial charge on any atom is 0.161 e. The van der Waals surface area contributed by atoms with E-state index in [-0.39, 0.29) is 0 Å². The van der Waals surface area contributed by atoms with Crippen LogP contribution < -0.4 is 14.8 Å². The molecule has 94 valence electrons. The molecule has 17 heavy (non-hydrogen) atoms. The van der Waals surface area contributed by atoms with Crippen molar-refractivity contribution >= 4 is 0 Å². The van der Waals surface area contributed by atoms with Crippen LogP contribution in [0.15, 0.2) is 30.9 Å². The zero-order valence-electron chi connectivity index (χ0n) is 10.7. The van der Waals surface area contributed by atoms with Gasteiger partial charge in [-0.25, -0.2) is 0 Å². The molecule has 0 amide bonds. The van der Waals surface area contributed by atoms with Gasteiger partial charge in [-0.2, -0.15) is 0 Å². The van der Waals surface area contributed by atoms with Gasteiger partial charge in [0.1, 0.15) is 0 Å². The molecule has 0 radical (unpaired) electrons. The van der Waals surface area contributed by atoms with Gasteiger partial charge in [0.25, 0.3) is 0 Å². The number of hydrogen-bond donors (Lipinski definition) is 1. The highest BCUT2D eigenvalue weighted by Crippen LogP contribution is 2.28. The minimum absolute atomic E-state index is 0.629. The second-order valence-corrected chi connectivity index (χ2v) is 3.69. The molecule has 0 aliphatic carbocycles. The van der Waals surface area contributed by atoms with Crippen LogP contribution in [-0.2, 0) is 6.54 Å². The molecule has 1 rings (SSSR count). The van der Waals surface area contributed by atoms with Gasteiger partial charge in [-0.05, 0) is 30.7 Å². The van der Waals surface area contributed by atoms with Gasteiger partial charge in [0.2, 0.25) is 0 Å². The molecular weight excluding hydrogens is 214 g/mol. The Bertz CT molecular complexity index is 350. The van der Waals surface area contributed by atoms with Gasteiger partial charge in [0.15, 0.2) is 11.5 Å². The lowest BCUT2D eigenvalue weighted by molar-refractivity contribution is 0.299. The molecule has 3 nitrogen and oxygen atoms in total. The van der Waals surface area contributed by atoms with Crippen LogP contribution in [-0.4, -0.2) is 20.3 Å². The summed E-state index contributed by atoms with van der Waals surface area (Å²) in [7, 11) is 1.65. The summed E-state index contributed by atoms with van der Waals surface area (Å²) in [5, 5.41) is 3.28. The molecule has 0 atom stereocenters. The van der Waals surface area contributed by atoms with Crippen LogP contribution >= 0.6 is 0 Å². The summed E-state index contributed by atoms with van der Waals surface area (Å²) >= 11 is 0. The molecule has 0 aromatic heterocycles. The molecule has 0 saturated carbocycles. The molecule has 0 unspecified atom stereocenters. The Morgan fingerprint density at radius 1 is 1.35 bits per heavy atom. The van der Waals surface area contributed by atoms with Crippen LogP contribution in [0.2, 0.25) is 0 Å². The number of ether oxygens (including phenoxy) is 2. The fraction of sp³-hybridized carbons (Fsp3) is 0.429. The van der Waals surface area contributed by atoms with Gasteiger partial charge in [-0.1, -0.05) is 19.1 Å². The van der Waals surface area contributed by atoms with E-state index in [9.17, 15) is 0 Å². The summed E-state index contributed by atoms with van der Waals surface area (Å²) in [5.74, 6) is 1.57. The summed E-state index contributed by atoms with van der Waals surface area (Å²) in [6, 6.07) is 6.00. The second kappa shape index (κ2) is 7.74. The van der Waals surface area contributed by atoms with E-state index in [1.165, 1.54) is 5.56 Å². The highest BCUT2D eigenvalue weighted by Gasteiger charge is 2.05. The quantitative estimate of drug-likeness (QED) is 0.555. The van der Waals surface area contributed by atoms with Crippen molar-refractivity contribution < 1.29 is 9.47 Å². The molecule has 0 spiro atoms. The zero-order valence-corrected chi connectivity index (χ0v) is 10.7. The average Bonchev–Trinajstić information content (AvgIpc) is 2.37. The maximum absolute atomic E-state index is 5.67. The molecule has 1 aromatic carbocycles. The van der Waals surface area contributed by atoms with Crippen LogP contribution in [0.5, 0.6) is 11.5 Å². The minimum atomic E-state index is 0.629. The smallest absolute Gasteiger partial charge is 0.161 e. The van der Waals surface area contributed by atoms with E-state index < -0.39 is 0 Å². The third-order valence-electron chi connectivity index (χ3n) is 2.39. The molecule has 0 fully saturated rings.